The largest absolute Gasteiger partial charge is 0.360 e. The zero-order valence-corrected chi connectivity index (χ0v) is 18.3. The summed E-state index contributed by atoms with van der Waals surface area (Å²) in [5.41, 5.74) is 3.88. The maximum Gasteiger partial charge on any atom is 0.321 e. The van der Waals surface area contributed by atoms with E-state index in [0.717, 1.165) is 27.7 Å². The number of thioether (sulfide) groups is 1. The molecular formula is C23H22N6O2S. The number of amides is 3. The number of para-hydroxylation sites is 2. The minimum atomic E-state index is -0.560. The second kappa shape index (κ2) is 9.52. The number of urea groups is 1. The van der Waals surface area contributed by atoms with Gasteiger partial charge in [0.15, 0.2) is 11.0 Å². The van der Waals surface area contributed by atoms with Gasteiger partial charge in [-0.15, -0.1) is 16.8 Å². The quantitative estimate of drug-likeness (QED) is 0.296. The molecule has 9 heteroatoms. The van der Waals surface area contributed by atoms with Gasteiger partial charge in [0.25, 0.3) is 0 Å². The number of aromatic amines is 1. The smallest absolute Gasteiger partial charge is 0.321 e. The molecule has 0 aliphatic rings. The number of hydrogen-bond donors (Lipinski definition) is 3. The third-order valence-electron chi connectivity index (χ3n) is 4.81. The number of benzene rings is 2. The zero-order chi connectivity index (χ0) is 22.5. The lowest BCUT2D eigenvalue weighted by Crippen LogP contribution is -2.40. The molecule has 0 saturated heterocycles. The fraction of sp³-hybridized carbons (Fsp3) is 0.130. The Labute approximate surface area is 189 Å². The normalized spacial score (nSPS) is 10.8. The first-order chi connectivity index (χ1) is 15.6. The topological polar surface area (TPSA) is 105 Å². The molecule has 4 rings (SSSR count). The summed E-state index contributed by atoms with van der Waals surface area (Å²) < 4.78 is 1.95. The van der Waals surface area contributed by atoms with Crippen molar-refractivity contribution in [2.45, 2.75) is 12.1 Å². The van der Waals surface area contributed by atoms with Gasteiger partial charge in [0.1, 0.15) is 0 Å². The minimum Gasteiger partial charge on any atom is -0.360 e. The van der Waals surface area contributed by atoms with Crippen molar-refractivity contribution in [1.29, 1.82) is 0 Å². The lowest BCUT2D eigenvalue weighted by Gasteiger charge is -2.12. The van der Waals surface area contributed by atoms with Crippen molar-refractivity contribution in [2.24, 2.45) is 0 Å². The zero-order valence-electron chi connectivity index (χ0n) is 17.5. The predicted octanol–water partition coefficient (Wildman–Crippen LogP) is 3.83. The SMILES string of the molecule is C=CCNC(=O)NC(=O)CSc1nnc(-c2c[nH]c3ccccc23)n1-c1ccccc1C. The lowest BCUT2D eigenvalue weighted by atomic mass is 10.1. The van der Waals surface area contributed by atoms with Gasteiger partial charge in [0.05, 0.1) is 11.4 Å². The van der Waals surface area contributed by atoms with Crippen LogP contribution >= 0.6 is 11.8 Å². The molecule has 32 heavy (non-hydrogen) atoms. The Morgan fingerprint density at radius 2 is 1.94 bits per heavy atom. The first kappa shape index (κ1) is 21.4. The summed E-state index contributed by atoms with van der Waals surface area (Å²) in [5.74, 6) is 0.257. The molecule has 2 aromatic heterocycles. The molecule has 4 aromatic rings. The summed E-state index contributed by atoms with van der Waals surface area (Å²) in [4.78, 5) is 27.2. The maximum atomic E-state index is 12.2. The van der Waals surface area contributed by atoms with Crippen molar-refractivity contribution >= 4 is 34.6 Å². The van der Waals surface area contributed by atoms with E-state index in [2.05, 4.69) is 32.4 Å². The third kappa shape index (κ3) is 4.42. The van der Waals surface area contributed by atoms with Crippen LogP contribution in [0.25, 0.3) is 28.0 Å². The fourth-order valence-electron chi connectivity index (χ4n) is 3.33. The predicted molar refractivity (Wildman–Crippen MR) is 126 cm³/mol. The molecule has 8 nitrogen and oxygen atoms in total. The van der Waals surface area contributed by atoms with Gasteiger partial charge < -0.3 is 10.3 Å². The van der Waals surface area contributed by atoms with Gasteiger partial charge in [-0.3, -0.25) is 14.7 Å². The first-order valence-corrected chi connectivity index (χ1v) is 11.0. The summed E-state index contributed by atoms with van der Waals surface area (Å²) >= 11 is 1.21. The van der Waals surface area contributed by atoms with Gasteiger partial charge in [-0.25, -0.2) is 4.79 Å². The molecule has 162 valence electrons. The van der Waals surface area contributed by atoms with E-state index in [9.17, 15) is 9.59 Å². The summed E-state index contributed by atoms with van der Waals surface area (Å²) in [6.45, 7) is 5.82. The van der Waals surface area contributed by atoms with E-state index in [1.807, 2.05) is 66.2 Å². The van der Waals surface area contributed by atoms with E-state index >= 15 is 0 Å². The monoisotopic (exact) mass is 446 g/mol. The number of rotatable bonds is 7. The number of aromatic nitrogens is 4. The Balaban J connectivity index is 1.67. The highest BCUT2D eigenvalue weighted by Crippen LogP contribution is 2.33. The van der Waals surface area contributed by atoms with Crippen LogP contribution in [0.2, 0.25) is 0 Å². The Kier molecular flexibility index (Phi) is 6.37. The van der Waals surface area contributed by atoms with E-state index in [1.165, 1.54) is 17.8 Å². The number of imide groups is 1. The number of aryl methyl sites for hydroxylation is 1. The molecule has 0 atom stereocenters. The molecule has 0 spiro atoms. The van der Waals surface area contributed by atoms with Gasteiger partial charge >= 0.3 is 6.03 Å². The number of fused-ring (bicyclic) bond motifs is 1. The average Bonchev–Trinajstić information content (AvgIpc) is 3.40. The molecule has 3 N–H and O–H groups in total. The van der Waals surface area contributed by atoms with Crippen molar-refractivity contribution in [1.82, 2.24) is 30.4 Å². The molecule has 0 fully saturated rings. The number of hydrogen-bond acceptors (Lipinski definition) is 5. The van der Waals surface area contributed by atoms with Crippen molar-refractivity contribution in [3.05, 3.63) is 72.9 Å². The van der Waals surface area contributed by atoms with Crippen molar-refractivity contribution in [3.63, 3.8) is 0 Å². The van der Waals surface area contributed by atoms with Crippen LogP contribution in [0.4, 0.5) is 4.79 Å². The molecular weight excluding hydrogens is 424 g/mol. The Bertz CT molecular complexity index is 1290. The van der Waals surface area contributed by atoms with E-state index in [0.29, 0.717) is 11.0 Å². The van der Waals surface area contributed by atoms with Crippen LogP contribution in [0.1, 0.15) is 5.56 Å². The minimum absolute atomic E-state index is 0.0133. The highest BCUT2D eigenvalue weighted by atomic mass is 32.2. The Hall–Kier alpha value is -3.85. The third-order valence-corrected chi connectivity index (χ3v) is 5.74. The number of nitrogens with zero attached hydrogens (tertiary/aromatic N) is 3. The van der Waals surface area contributed by atoms with Crippen LogP contribution in [0, 0.1) is 6.92 Å². The van der Waals surface area contributed by atoms with Crippen LogP contribution in [-0.4, -0.2) is 44.0 Å². The second-order valence-electron chi connectivity index (χ2n) is 7.01. The Morgan fingerprint density at radius 3 is 2.75 bits per heavy atom. The number of carbonyl (C=O) groups excluding carboxylic acids is 2. The van der Waals surface area contributed by atoms with E-state index in [-0.39, 0.29) is 12.3 Å². The standard InChI is InChI=1S/C23H22N6O2S/c1-3-12-24-22(31)26-20(30)14-32-23-28-27-21(29(23)19-11-7-4-8-15(19)2)17-13-25-18-10-6-5-9-16(17)18/h3-11,13,25H,1,12,14H2,2H3,(H2,24,26,30,31). The molecule has 2 aromatic carbocycles. The number of nitrogens with one attached hydrogen (secondary N) is 3. The molecule has 0 unspecified atom stereocenters. The summed E-state index contributed by atoms with van der Waals surface area (Å²) in [5, 5.41) is 15.2. The first-order valence-electron chi connectivity index (χ1n) is 9.97. The van der Waals surface area contributed by atoms with E-state index < -0.39 is 11.9 Å². The Morgan fingerprint density at radius 1 is 1.16 bits per heavy atom. The van der Waals surface area contributed by atoms with Gasteiger partial charge in [-0.2, -0.15) is 0 Å². The van der Waals surface area contributed by atoms with Crippen LogP contribution < -0.4 is 10.6 Å². The maximum absolute atomic E-state index is 12.2. The average molecular weight is 447 g/mol. The van der Waals surface area contributed by atoms with Crippen LogP contribution in [0.5, 0.6) is 0 Å². The number of H-pyrrole nitrogens is 1. The molecule has 0 bridgehead atoms. The lowest BCUT2D eigenvalue weighted by molar-refractivity contribution is -0.117. The van der Waals surface area contributed by atoms with Gasteiger partial charge in [0, 0.05) is 29.2 Å². The van der Waals surface area contributed by atoms with Gasteiger partial charge in [-0.05, 0) is 24.6 Å². The fourth-order valence-corrected chi connectivity index (χ4v) is 4.07. The van der Waals surface area contributed by atoms with Crippen LogP contribution in [0.15, 0.2) is 72.5 Å². The molecule has 0 radical (unpaired) electrons. The van der Waals surface area contributed by atoms with E-state index in [1.54, 1.807) is 0 Å². The summed E-state index contributed by atoms with van der Waals surface area (Å²) in [7, 11) is 0. The molecule has 2 heterocycles. The molecule has 3 amide bonds. The van der Waals surface area contributed by atoms with Crippen molar-refractivity contribution in [2.75, 3.05) is 12.3 Å². The van der Waals surface area contributed by atoms with Crippen molar-refractivity contribution in [3.8, 4) is 17.1 Å². The van der Waals surface area contributed by atoms with Gasteiger partial charge in [0.2, 0.25) is 5.91 Å². The highest BCUT2D eigenvalue weighted by Gasteiger charge is 2.20. The molecule has 0 saturated carbocycles. The number of carbonyl (C=O) groups is 2. The van der Waals surface area contributed by atoms with E-state index in [4.69, 9.17) is 0 Å². The van der Waals surface area contributed by atoms with Crippen LogP contribution in [-0.2, 0) is 4.79 Å². The highest BCUT2D eigenvalue weighted by molar-refractivity contribution is 7.99. The van der Waals surface area contributed by atoms with Crippen LogP contribution in [0.3, 0.4) is 0 Å². The summed E-state index contributed by atoms with van der Waals surface area (Å²) in [6, 6.07) is 15.3. The van der Waals surface area contributed by atoms with Gasteiger partial charge in [-0.1, -0.05) is 54.2 Å². The van der Waals surface area contributed by atoms with Crippen molar-refractivity contribution < 1.29 is 9.59 Å². The molecule has 0 aliphatic carbocycles. The summed E-state index contributed by atoms with van der Waals surface area (Å²) in [6.07, 6.45) is 3.45. The molecule has 0 aliphatic heterocycles. The second-order valence-corrected chi connectivity index (χ2v) is 7.95.